The fraction of sp³-hybridized carbons (Fsp3) is 0.343. The van der Waals surface area contributed by atoms with Crippen LogP contribution in [-0.2, 0) is 25.5 Å². The second kappa shape index (κ2) is 15.1. The number of fused-ring (bicyclic) bond motifs is 1. The van der Waals surface area contributed by atoms with Crippen molar-refractivity contribution in [2.45, 2.75) is 46.1 Å². The number of nitrogens with zero attached hydrogens (tertiary/aromatic N) is 2. The topological polar surface area (TPSA) is 120 Å². The van der Waals surface area contributed by atoms with Crippen molar-refractivity contribution in [1.82, 2.24) is 9.88 Å². The summed E-state index contributed by atoms with van der Waals surface area (Å²) in [5.41, 5.74) is 0.923. The smallest absolute Gasteiger partial charge is 0.343 e. The van der Waals surface area contributed by atoms with Gasteiger partial charge >= 0.3 is 5.97 Å². The number of pyridine rings is 1. The van der Waals surface area contributed by atoms with Crippen LogP contribution >= 0.6 is 0 Å². The van der Waals surface area contributed by atoms with Gasteiger partial charge in [-0.3, -0.25) is 9.59 Å². The molecule has 4 aromatic rings. The van der Waals surface area contributed by atoms with E-state index in [4.69, 9.17) is 18.9 Å². The molecule has 2 atom stereocenters. The van der Waals surface area contributed by atoms with Crippen molar-refractivity contribution in [2.75, 3.05) is 43.8 Å². The number of ether oxygens (including phenoxy) is 4. The zero-order valence-corrected chi connectivity index (χ0v) is 26.9. The Labute approximate surface area is 272 Å². The number of anilines is 2. The van der Waals surface area contributed by atoms with Crippen LogP contribution in [-0.4, -0.2) is 62.4 Å². The second-order valence-corrected chi connectivity index (χ2v) is 11.1. The van der Waals surface area contributed by atoms with Gasteiger partial charge in [0, 0.05) is 45.9 Å². The lowest BCUT2D eigenvalue weighted by Gasteiger charge is -2.25. The van der Waals surface area contributed by atoms with E-state index in [2.05, 4.69) is 10.6 Å². The number of methoxy groups -OCH3 is 1. The lowest BCUT2D eigenvalue weighted by Crippen LogP contribution is -2.35. The predicted molar refractivity (Wildman–Crippen MR) is 177 cm³/mol. The quantitative estimate of drug-likeness (QED) is 0.153. The number of para-hydroxylation sites is 2. The first-order valence-electron chi connectivity index (χ1n) is 15.5. The van der Waals surface area contributed by atoms with Crippen molar-refractivity contribution < 1.29 is 32.9 Å². The van der Waals surface area contributed by atoms with E-state index in [0.717, 1.165) is 5.56 Å². The standard InChI is InChI=1S/C35H39FN4O7/c1-5-45-35(43)26-20-40(27-13-9-10-14-30(27)47-21-46-23(3)44-4)28-17-29(39-16-15-25(19-39)38-22(2)41)32(36)33(31(28)34(26)42)37-18-24-11-7-6-8-12-24/h6-14,17,20,23,25,37H,5,15-16,18-19,21H2,1-4H3,(H,38,41). The summed E-state index contributed by atoms with van der Waals surface area (Å²) in [7, 11) is 1.51. The molecule has 1 aliphatic rings. The minimum atomic E-state index is -0.833. The Kier molecular flexibility index (Phi) is 10.7. The number of carbonyl (C=O) groups is 2. The molecule has 1 amide bonds. The van der Waals surface area contributed by atoms with Gasteiger partial charge in [-0.05, 0) is 44.0 Å². The van der Waals surface area contributed by atoms with Gasteiger partial charge in [-0.25, -0.2) is 9.18 Å². The number of benzene rings is 3. The molecule has 248 valence electrons. The average Bonchev–Trinajstić information content (AvgIpc) is 3.52. The molecule has 0 saturated carbocycles. The summed E-state index contributed by atoms with van der Waals surface area (Å²) in [5, 5.41) is 6.05. The highest BCUT2D eigenvalue weighted by molar-refractivity contribution is 6.01. The van der Waals surface area contributed by atoms with Crippen molar-refractivity contribution in [3.05, 3.63) is 94.0 Å². The van der Waals surface area contributed by atoms with Gasteiger partial charge in [-0.1, -0.05) is 42.5 Å². The first kappa shape index (κ1) is 33.4. The van der Waals surface area contributed by atoms with Crippen LogP contribution in [0.25, 0.3) is 16.6 Å². The second-order valence-electron chi connectivity index (χ2n) is 11.1. The fourth-order valence-corrected chi connectivity index (χ4v) is 5.60. The van der Waals surface area contributed by atoms with Crippen LogP contribution in [0.3, 0.4) is 0 Å². The number of nitrogens with one attached hydrogen (secondary N) is 2. The zero-order chi connectivity index (χ0) is 33.5. The van der Waals surface area contributed by atoms with Crippen LogP contribution in [0, 0.1) is 5.82 Å². The number of carbonyl (C=O) groups excluding carboxylic acids is 2. The minimum Gasteiger partial charge on any atom is -0.465 e. The van der Waals surface area contributed by atoms with Gasteiger partial charge in [0.25, 0.3) is 0 Å². The largest absolute Gasteiger partial charge is 0.465 e. The van der Waals surface area contributed by atoms with Gasteiger partial charge < -0.3 is 39.0 Å². The number of rotatable bonds is 13. The molecule has 1 fully saturated rings. The number of halogens is 1. The van der Waals surface area contributed by atoms with Gasteiger partial charge in [-0.2, -0.15) is 0 Å². The molecule has 1 aromatic heterocycles. The SMILES string of the molecule is CCOC(=O)c1cn(-c2ccccc2OCOC(C)OC)c2cc(N3CCC(NC(C)=O)C3)c(F)c(NCc3ccccc3)c2c1=O. The summed E-state index contributed by atoms with van der Waals surface area (Å²) in [6, 6.07) is 17.9. The molecule has 5 rings (SSSR count). The molecule has 0 radical (unpaired) electrons. The van der Waals surface area contributed by atoms with Crippen molar-refractivity contribution in [3.63, 3.8) is 0 Å². The maximum absolute atomic E-state index is 16.8. The summed E-state index contributed by atoms with van der Waals surface area (Å²) in [4.78, 5) is 40.9. The Morgan fingerprint density at radius 1 is 1.09 bits per heavy atom. The van der Waals surface area contributed by atoms with E-state index < -0.39 is 23.5 Å². The average molecular weight is 647 g/mol. The molecule has 2 N–H and O–H groups in total. The number of esters is 1. The number of amides is 1. The third-order valence-corrected chi connectivity index (χ3v) is 7.93. The fourth-order valence-electron chi connectivity index (χ4n) is 5.60. The van der Waals surface area contributed by atoms with Crippen LogP contribution < -0.4 is 25.7 Å². The highest BCUT2D eigenvalue weighted by Crippen LogP contribution is 2.37. The Morgan fingerprint density at radius 3 is 2.55 bits per heavy atom. The summed E-state index contributed by atoms with van der Waals surface area (Å²) < 4.78 is 40.3. The van der Waals surface area contributed by atoms with Gasteiger partial charge in [0.1, 0.15) is 11.3 Å². The third-order valence-electron chi connectivity index (χ3n) is 7.93. The Hall–Kier alpha value is -4.94. The highest BCUT2D eigenvalue weighted by atomic mass is 19.1. The van der Waals surface area contributed by atoms with Crippen LogP contribution in [0.2, 0.25) is 0 Å². The van der Waals surface area contributed by atoms with Gasteiger partial charge in [0.2, 0.25) is 11.3 Å². The molecule has 47 heavy (non-hydrogen) atoms. The molecule has 12 heteroatoms. The molecule has 1 saturated heterocycles. The Bertz CT molecular complexity index is 1800. The third kappa shape index (κ3) is 7.55. The van der Waals surface area contributed by atoms with E-state index in [1.54, 1.807) is 48.7 Å². The Balaban J connectivity index is 1.74. The summed E-state index contributed by atoms with van der Waals surface area (Å²) in [6.45, 7) is 5.79. The van der Waals surface area contributed by atoms with Crippen molar-refractivity contribution in [1.29, 1.82) is 0 Å². The summed E-state index contributed by atoms with van der Waals surface area (Å²) >= 11 is 0. The van der Waals surface area contributed by atoms with Crippen molar-refractivity contribution in [3.8, 4) is 11.4 Å². The Morgan fingerprint density at radius 2 is 1.83 bits per heavy atom. The maximum Gasteiger partial charge on any atom is 0.343 e. The highest BCUT2D eigenvalue weighted by Gasteiger charge is 2.30. The molecule has 3 aromatic carbocycles. The first-order valence-corrected chi connectivity index (χ1v) is 15.5. The molecule has 0 aliphatic carbocycles. The van der Waals surface area contributed by atoms with Crippen LogP contribution in [0.1, 0.15) is 43.1 Å². The van der Waals surface area contributed by atoms with E-state index in [-0.39, 0.29) is 54.2 Å². The van der Waals surface area contributed by atoms with Crippen LogP contribution in [0.4, 0.5) is 15.8 Å². The van der Waals surface area contributed by atoms with Gasteiger partial charge in [0.05, 0.1) is 34.6 Å². The molecule has 0 bridgehead atoms. The number of hydrogen-bond donors (Lipinski definition) is 2. The lowest BCUT2D eigenvalue weighted by molar-refractivity contribution is -0.149. The van der Waals surface area contributed by atoms with Gasteiger partial charge in [-0.15, -0.1) is 0 Å². The predicted octanol–water partition coefficient (Wildman–Crippen LogP) is 4.98. The normalized spacial score (nSPS) is 15.0. The van der Waals surface area contributed by atoms with E-state index >= 15 is 4.39 Å². The minimum absolute atomic E-state index is 0.0237. The summed E-state index contributed by atoms with van der Waals surface area (Å²) in [5.74, 6) is -1.26. The van der Waals surface area contributed by atoms with E-state index in [0.29, 0.717) is 36.5 Å². The molecule has 11 nitrogen and oxygen atoms in total. The monoisotopic (exact) mass is 646 g/mol. The zero-order valence-electron chi connectivity index (χ0n) is 26.9. The van der Waals surface area contributed by atoms with Crippen LogP contribution in [0.5, 0.6) is 5.75 Å². The van der Waals surface area contributed by atoms with E-state index in [9.17, 15) is 14.4 Å². The lowest BCUT2D eigenvalue weighted by atomic mass is 10.1. The molecule has 0 spiro atoms. The molecule has 2 unspecified atom stereocenters. The number of aromatic nitrogens is 1. The molecular weight excluding hydrogens is 607 g/mol. The molecule has 1 aliphatic heterocycles. The van der Waals surface area contributed by atoms with Crippen molar-refractivity contribution >= 4 is 34.2 Å². The van der Waals surface area contributed by atoms with Crippen LogP contribution in [0.15, 0.2) is 71.7 Å². The maximum atomic E-state index is 16.8. The molecular formula is C35H39FN4O7. The van der Waals surface area contributed by atoms with Gasteiger partial charge in [0.15, 0.2) is 18.9 Å². The van der Waals surface area contributed by atoms with E-state index in [1.165, 1.54) is 20.2 Å². The first-order chi connectivity index (χ1) is 22.7. The van der Waals surface area contributed by atoms with Crippen molar-refractivity contribution in [2.24, 2.45) is 0 Å². The summed E-state index contributed by atoms with van der Waals surface area (Å²) in [6.07, 6.45) is 1.50. The molecule has 2 heterocycles. The number of hydrogen-bond acceptors (Lipinski definition) is 9. The van der Waals surface area contributed by atoms with E-state index in [1.807, 2.05) is 35.2 Å².